The lowest BCUT2D eigenvalue weighted by Gasteiger charge is -2.29. The predicted octanol–water partition coefficient (Wildman–Crippen LogP) is 3.25. The van der Waals surface area contributed by atoms with Crippen molar-refractivity contribution in [2.24, 2.45) is 5.92 Å². The highest BCUT2D eigenvalue weighted by atomic mass is 32.2. The minimum Gasteiger partial charge on any atom is -0.454 e. The van der Waals surface area contributed by atoms with Gasteiger partial charge in [-0.05, 0) is 37.0 Å². The number of amides is 1. The van der Waals surface area contributed by atoms with Gasteiger partial charge in [0.1, 0.15) is 0 Å². The lowest BCUT2D eigenvalue weighted by molar-refractivity contribution is -0.119. The molecule has 1 aliphatic heterocycles. The van der Waals surface area contributed by atoms with Gasteiger partial charge in [-0.2, -0.15) is 0 Å². The zero-order valence-electron chi connectivity index (χ0n) is 14.6. The van der Waals surface area contributed by atoms with E-state index in [1.54, 1.807) is 0 Å². The number of thioether (sulfide) groups is 1. The van der Waals surface area contributed by atoms with Crippen LogP contribution in [0.5, 0.6) is 11.5 Å². The Hall–Kier alpha value is -2.22. The molecule has 4 rings (SSSR count). The van der Waals surface area contributed by atoms with Gasteiger partial charge in [-0.15, -0.1) is 10.2 Å². The van der Waals surface area contributed by atoms with Gasteiger partial charge in [-0.1, -0.05) is 31.5 Å². The molecule has 0 bridgehead atoms. The number of aromatic nitrogens is 2. The zero-order valence-corrected chi connectivity index (χ0v) is 15.4. The van der Waals surface area contributed by atoms with Crippen LogP contribution in [0.3, 0.4) is 0 Å². The Bertz CT molecular complexity index is 794. The van der Waals surface area contributed by atoms with Crippen LogP contribution in [0, 0.1) is 5.92 Å². The summed E-state index contributed by atoms with van der Waals surface area (Å²) in [6, 6.07) is 5.74. The van der Waals surface area contributed by atoms with Crippen molar-refractivity contribution in [3.8, 4) is 23.0 Å². The molecule has 0 spiro atoms. The van der Waals surface area contributed by atoms with E-state index in [4.69, 9.17) is 13.9 Å². The molecule has 7 nitrogen and oxygen atoms in total. The van der Waals surface area contributed by atoms with E-state index < -0.39 is 0 Å². The average Bonchev–Trinajstić information content (AvgIpc) is 3.30. The highest BCUT2D eigenvalue weighted by Gasteiger charge is 2.23. The molecule has 1 fully saturated rings. The minimum absolute atomic E-state index is 0.0107. The van der Waals surface area contributed by atoms with Crippen molar-refractivity contribution in [1.29, 1.82) is 0 Å². The maximum atomic E-state index is 12.2. The first-order valence-corrected chi connectivity index (χ1v) is 9.83. The molecule has 0 radical (unpaired) electrons. The summed E-state index contributed by atoms with van der Waals surface area (Å²) in [6.45, 7) is 2.42. The molecule has 1 saturated carbocycles. The predicted molar refractivity (Wildman–Crippen MR) is 96.1 cm³/mol. The Balaban J connectivity index is 1.33. The number of benzene rings is 1. The fourth-order valence-electron chi connectivity index (χ4n) is 3.32. The van der Waals surface area contributed by atoms with Gasteiger partial charge in [-0.3, -0.25) is 4.79 Å². The van der Waals surface area contributed by atoms with Crippen LogP contribution < -0.4 is 14.8 Å². The van der Waals surface area contributed by atoms with Gasteiger partial charge in [-0.25, -0.2) is 0 Å². The molecule has 1 N–H and O–H groups in total. The van der Waals surface area contributed by atoms with Crippen molar-refractivity contribution < 1.29 is 18.7 Å². The molecule has 8 heteroatoms. The number of nitrogens with one attached hydrogen (secondary N) is 1. The molecule has 1 amide bonds. The summed E-state index contributed by atoms with van der Waals surface area (Å²) in [5.74, 6) is 2.58. The standard InChI is InChI=1S/C18H21N3O4S/c1-11-4-2-3-5-13(11)19-16(22)9-26-18-21-20-17(25-18)12-6-7-14-15(8-12)24-10-23-14/h6-8,11,13H,2-5,9-10H2,1H3,(H,19,22)/t11-,13+/m1/s1. The fraction of sp³-hybridized carbons (Fsp3) is 0.500. The van der Waals surface area contributed by atoms with Crippen LogP contribution in [0.4, 0.5) is 0 Å². The summed E-state index contributed by atoms with van der Waals surface area (Å²) in [7, 11) is 0. The van der Waals surface area contributed by atoms with Crippen LogP contribution >= 0.6 is 11.8 Å². The number of hydrogen-bond donors (Lipinski definition) is 1. The van der Waals surface area contributed by atoms with Crippen molar-refractivity contribution in [3.05, 3.63) is 18.2 Å². The van der Waals surface area contributed by atoms with E-state index in [-0.39, 0.29) is 24.5 Å². The van der Waals surface area contributed by atoms with E-state index in [2.05, 4.69) is 22.4 Å². The molecular weight excluding hydrogens is 354 g/mol. The quantitative estimate of drug-likeness (QED) is 0.803. The normalized spacial score (nSPS) is 21.6. The Morgan fingerprint density at radius 3 is 2.96 bits per heavy atom. The number of rotatable bonds is 5. The monoisotopic (exact) mass is 375 g/mol. The summed E-state index contributed by atoms with van der Waals surface area (Å²) in [6.07, 6.45) is 4.69. The van der Waals surface area contributed by atoms with Gasteiger partial charge < -0.3 is 19.2 Å². The molecule has 0 saturated heterocycles. The van der Waals surface area contributed by atoms with Crippen LogP contribution in [-0.4, -0.2) is 34.7 Å². The first-order valence-electron chi connectivity index (χ1n) is 8.85. The largest absolute Gasteiger partial charge is 0.454 e. The maximum absolute atomic E-state index is 12.2. The molecule has 138 valence electrons. The molecule has 2 atom stereocenters. The van der Waals surface area contributed by atoms with Gasteiger partial charge >= 0.3 is 0 Å². The maximum Gasteiger partial charge on any atom is 0.277 e. The Kier molecular flexibility index (Phi) is 5.01. The van der Waals surface area contributed by atoms with Crippen LogP contribution in [0.25, 0.3) is 11.5 Å². The van der Waals surface area contributed by atoms with Gasteiger partial charge in [0, 0.05) is 11.6 Å². The van der Waals surface area contributed by atoms with Gasteiger partial charge in [0.05, 0.1) is 5.75 Å². The topological polar surface area (TPSA) is 86.5 Å². The number of hydrogen-bond acceptors (Lipinski definition) is 7. The number of carbonyl (C=O) groups is 1. The molecule has 0 unspecified atom stereocenters. The van der Waals surface area contributed by atoms with Gasteiger partial charge in [0.25, 0.3) is 5.22 Å². The summed E-state index contributed by atoms with van der Waals surface area (Å²) in [4.78, 5) is 12.2. The van der Waals surface area contributed by atoms with E-state index in [0.717, 1.165) is 12.0 Å². The number of ether oxygens (including phenoxy) is 2. The summed E-state index contributed by atoms with van der Waals surface area (Å²) in [5.41, 5.74) is 0.758. The lowest BCUT2D eigenvalue weighted by atomic mass is 9.86. The summed E-state index contributed by atoms with van der Waals surface area (Å²) >= 11 is 1.25. The Labute approximate surface area is 155 Å². The van der Waals surface area contributed by atoms with E-state index in [1.165, 1.54) is 31.0 Å². The highest BCUT2D eigenvalue weighted by molar-refractivity contribution is 7.99. The molecule has 2 heterocycles. The average molecular weight is 375 g/mol. The van der Waals surface area contributed by atoms with Crippen LogP contribution in [0.15, 0.2) is 27.8 Å². The van der Waals surface area contributed by atoms with Crippen molar-refractivity contribution in [2.75, 3.05) is 12.5 Å². The van der Waals surface area contributed by atoms with Crippen LogP contribution in [-0.2, 0) is 4.79 Å². The second kappa shape index (κ2) is 7.57. The fourth-order valence-corrected chi connectivity index (χ4v) is 3.90. The second-order valence-corrected chi connectivity index (χ2v) is 7.59. The van der Waals surface area contributed by atoms with Crippen molar-refractivity contribution >= 4 is 17.7 Å². The SMILES string of the molecule is C[C@@H]1CCCC[C@@H]1NC(=O)CSc1nnc(-c2ccc3c(c2)OCO3)o1. The molecule has 2 aromatic rings. The van der Waals surface area contributed by atoms with Gasteiger partial charge in [0.15, 0.2) is 11.5 Å². The second-order valence-electron chi connectivity index (χ2n) is 6.67. The number of fused-ring (bicyclic) bond motifs is 1. The minimum atomic E-state index is 0.0107. The molecule has 2 aliphatic rings. The third kappa shape index (κ3) is 3.80. The summed E-state index contributed by atoms with van der Waals surface area (Å²) in [5, 5.41) is 11.6. The summed E-state index contributed by atoms with van der Waals surface area (Å²) < 4.78 is 16.3. The van der Waals surface area contributed by atoms with Crippen LogP contribution in [0.1, 0.15) is 32.6 Å². The highest BCUT2D eigenvalue weighted by Crippen LogP contribution is 2.36. The lowest BCUT2D eigenvalue weighted by Crippen LogP contribution is -2.41. The van der Waals surface area contributed by atoms with E-state index >= 15 is 0 Å². The smallest absolute Gasteiger partial charge is 0.277 e. The molecule has 26 heavy (non-hydrogen) atoms. The number of nitrogens with zero attached hydrogens (tertiary/aromatic N) is 2. The van der Waals surface area contributed by atoms with E-state index in [9.17, 15) is 4.79 Å². The van der Waals surface area contributed by atoms with E-state index in [1.807, 2.05) is 18.2 Å². The van der Waals surface area contributed by atoms with E-state index in [0.29, 0.717) is 28.5 Å². The van der Waals surface area contributed by atoms with Gasteiger partial charge in [0.2, 0.25) is 18.6 Å². The van der Waals surface area contributed by atoms with Crippen molar-refractivity contribution in [3.63, 3.8) is 0 Å². The number of carbonyl (C=O) groups excluding carboxylic acids is 1. The van der Waals surface area contributed by atoms with Crippen molar-refractivity contribution in [2.45, 2.75) is 43.9 Å². The molecule has 1 aromatic carbocycles. The first-order chi connectivity index (χ1) is 12.7. The first kappa shape index (κ1) is 17.2. The van der Waals surface area contributed by atoms with Crippen molar-refractivity contribution in [1.82, 2.24) is 15.5 Å². The Morgan fingerprint density at radius 2 is 2.08 bits per heavy atom. The molecule has 1 aliphatic carbocycles. The molecular formula is C18H21N3O4S. The third-order valence-electron chi connectivity index (χ3n) is 4.81. The molecule has 1 aromatic heterocycles. The zero-order chi connectivity index (χ0) is 17.9. The Morgan fingerprint density at radius 1 is 1.23 bits per heavy atom. The van der Waals surface area contributed by atoms with Crippen LogP contribution in [0.2, 0.25) is 0 Å². The third-order valence-corrected chi connectivity index (χ3v) is 5.63.